The average Bonchev–Trinajstić information content (AvgIpc) is 2.41. The van der Waals surface area contributed by atoms with Gasteiger partial charge in [-0.05, 0) is 48.6 Å². The van der Waals surface area contributed by atoms with Gasteiger partial charge >= 0.3 is 0 Å². The minimum Gasteiger partial charge on any atom is -0.496 e. The molecule has 1 atom stereocenters. The first-order chi connectivity index (χ1) is 9.52. The molecule has 0 amide bonds. The maximum absolute atomic E-state index is 13.7. The van der Waals surface area contributed by atoms with Gasteiger partial charge in [-0.2, -0.15) is 0 Å². The first-order valence-corrected chi connectivity index (χ1v) is 7.47. The summed E-state index contributed by atoms with van der Waals surface area (Å²) in [4.78, 5) is 0.0858. The van der Waals surface area contributed by atoms with Crippen LogP contribution in [0.1, 0.15) is 27.1 Å². The third-order valence-electron chi connectivity index (χ3n) is 3.41. The second kappa shape index (κ2) is 6.40. The molecule has 0 N–H and O–H groups in total. The van der Waals surface area contributed by atoms with Crippen molar-refractivity contribution in [3.8, 4) is 5.75 Å². The van der Waals surface area contributed by atoms with E-state index in [2.05, 4.69) is 28.1 Å². The highest BCUT2D eigenvalue weighted by Gasteiger charge is 2.14. The molecule has 2 aromatic carbocycles. The molecule has 0 aliphatic heterocycles. The smallest absolute Gasteiger partial charge is 0.126 e. The van der Waals surface area contributed by atoms with E-state index in [1.165, 1.54) is 6.07 Å². The molecule has 0 saturated heterocycles. The Hall–Kier alpha value is -1.35. The number of benzene rings is 2. The van der Waals surface area contributed by atoms with E-state index in [1.54, 1.807) is 13.2 Å². The van der Waals surface area contributed by atoms with Crippen molar-refractivity contribution in [2.24, 2.45) is 0 Å². The fourth-order valence-electron chi connectivity index (χ4n) is 2.46. The summed E-state index contributed by atoms with van der Waals surface area (Å²) in [7, 11) is 1.68. The van der Waals surface area contributed by atoms with Gasteiger partial charge in [0, 0.05) is 4.83 Å². The topological polar surface area (TPSA) is 9.23 Å². The van der Waals surface area contributed by atoms with Crippen LogP contribution in [0, 0.1) is 19.7 Å². The van der Waals surface area contributed by atoms with Crippen LogP contribution < -0.4 is 4.74 Å². The molecule has 0 spiro atoms. The van der Waals surface area contributed by atoms with Crippen molar-refractivity contribution in [1.82, 2.24) is 0 Å². The summed E-state index contributed by atoms with van der Waals surface area (Å²) in [5.41, 5.74) is 4.06. The lowest BCUT2D eigenvalue weighted by molar-refractivity contribution is 0.408. The molecule has 0 saturated carbocycles. The molecule has 1 nitrogen and oxygen atoms in total. The minimum atomic E-state index is -0.154. The molecular formula is C17H18BrFO. The molecule has 0 aromatic heterocycles. The Kier molecular flexibility index (Phi) is 4.81. The Labute approximate surface area is 127 Å². The standard InChI is InChI=1S/C17H18BrFO/c1-11-8-14(9-12(2)17(11)20-3)15(18)10-13-6-4-5-7-16(13)19/h4-9,15H,10H2,1-3H3. The molecule has 3 heteroatoms. The normalized spacial score (nSPS) is 12.2. The molecule has 0 fully saturated rings. The Balaban J connectivity index is 2.26. The SMILES string of the molecule is COc1c(C)cc(C(Br)Cc2ccccc2F)cc1C. The van der Waals surface area contributed by atoms with Crippen molar-refractivity contribution in [3.63, 3.8) is 0 Å². The number of aryl methyl sites for hydroxylation is 2. The fourth-order valence-corrected chi connectivity index (χ4v) is 3.07. The van der Waals surface area contributed by atoms with Crippen molar-refractivity contribution < 1.29 is 9.13 Å². The molecule has 0 heterocycles. The van der Waals surface area contributed by atoms with Gasteiger partial charge in [0.05, 0.1) is 7.11 Å². The quantitative estimate of drug-likeness (QED) is 0.703. The molecule has 2 aromatic rings. The summed E-state index contributed by atoms with van der Waals surface area (Å²) in [5, 5.41) is 0. The zero-order chi connectivity index (χ0) is 14.7. The molecule has 0 bridgehead atoms. The maximum Gasteiger partial charge on any atom is 0.126 e. The zero-order valence-electron chi connectivity index (χ0n) is 11.9. The summed E-state index contributed by atoms with van der Waals surface area (Å²) in [6, 6.07) is 11.1. The van der Waals surface area contributed by atoms with E-state index in [0.717, 1.165) is 28.0 Å². The first-order valence-electron chi connectivity index (χ1n) is 6.55. The monoisotopic (exact) mass is 336 g/mol. The number of alkyl halides is 1. The van der Waals surface area contributed by atoms with Crippen molar-refractivity contribution in [3.05, 3.63) is 64.5 Å². The second-order valence-corrected chi connectivity index (χ2v) is 6.06. The van der Waals surface area contributed by atoms with Crippen LogP contribution in [0.25, 0.3) is 0 Å². The van der Waals surface area contributed by atoms with Crippen molar-refractivity contribution >= 4 is 15.9 Å². The second-order valence-electron chi connectivity index (χ2n) is 4.95. The molecule has 2 rings (SSSR count). The van der Waals surface area contributed by atoms with Gasteiger partial charge in [0.25, 0.3) is 0 Å². The molecule has 0 aliphatic rings. The van der Waals surface area contributed by atoms with Gasteiger partial charge in [0.2, 0.25) is 0 Å². The summed E-state index contributed by atoms with van der Waals surface area (Å²) in [6.07, 6.45) is 0.623. The van der Waals surface area contributed by atoms with Crippen molar-refractivity contribution in [2.45, 2.75) is 25.1 Å². The highest BCUT2D eigenvalue weighted by atomic mass is 79.9. The number of halogens is 2. The molecule has 20 heavy (non-hydrogen) atoms. The fraction of sp³-hybridized carbons (Fsp3) is 0.294. The van der Waals surface area contributed by atoms with Gasteiger partial charge in [0.1, 0.15) is 11.6 Å². The van der Waals surface area contributed by atoms with E-state index in [1.807, 2.05) is 26.0 Å². The number of ether oxygens (including phenoxy) is 1. The van der Waals surface area contributed by atoms with Gasteiger partial charge in [-0.25, -0.2) is 4.39 Å². The Morgan fingerprint density at radius 3 is 2.30 bits per heavy atom. The van der Waals surface area contributed by atoms with Crippen LogP contribution in [0.2, 0.25) is 0 Å². The highest BCUT2D eigenvalue weighted by molar-refractivity contribution is 9.09. The lowest BCUT2D eigenvalue weighted by atomic mass is 9.99. The third kappa shape index (κ3) is 3.21. The van der Waals surface area contributed by atoms with Crippen LogP contribution >= 0.6 is 15.9 Å². The van der Waals surface area contributed by atoms with Gasteiger partial charge in [-0.15, -0.1) is 0 Å². The summed E-state index contributed by atoms with van der Waals surface area (Å²) in [5.74, 6) is 0.762. The largest absolute Gasteiger partial charge is 0.496 e. The van der Waals surface area contributed by atoms with Gasteiger partial charge in [0.15, 0.2) is 0 Å². The summed E-state index contributed by atoms with van der Waals surface area (Å²) < 4.78 is 19.1. The van der Waals surface area contributed by atoms with Gasteiger partial charge < -0.3 is 4.74 Å². The first kappa shape index (κ1) is 15.0. The van der Waals surface area contributed by atoms with E-state index >= 15 is 0 Å². The van der Waals surface area contributed by atoms with Crippen LogP contribution in [0.4, 0.5) is 4.39 Å². The highest BCUT2D eigenvalue weighted by Crippen LogP contribution is 2.33. The predicted octanol–water partition coefficient (Wildman–Crippen LogP) is 5.13. The van der Waals surface area contributed by atoms with Crippen LogP contribution in [-0.2, 0) is 6.42 Å². The van der Waals surface area contributed by atoms with Crippen LogP contribution in [0.5, 0.6) is 5.75 Å². The maximum atomic E-state index is 13.7. The van der Waals surface area contributed by atoms with Crippen molar-refractivity contribution in [1.29, 1.82) is 0 Å². The zero-order valence-corrected chi connectivity index (χ0v) is 13.5. The van der Waals surface area contributed by atoms with Crippen molar-refractivity contribution in [2.75, 3.05) is 7.11 Å². The van der Waals surface area contributed by atoms with Crippen LogP contribution in [0.3, 0.4) is 0 Å². The molecule has 0 aliphatic carbocycles. The lowest BCUT2D eigenvalue weighted by Crippen LogP contribution is -2.00. The molecular weight excluding hydrogens is 319 g/mol. The summed E-state index contributed by atoms with van der Waals surface area (Å²) in [6.45, 7) is 4.05. The number of methoxy groups -OCH3 is 1. The number of hydrogen-bond donors (Lipinski definition) is 0. The van der Waals surface area contributed by atoms with E-state index in [9.17, 15) is 4.39 Å². The molecule has 106 valence electrons. The predicted molar refractivity (Wildman–Crippen MR) is 84.2 cm³/mol. The van der Waals surface area contributed by atoms with E-state index in [0.29, 0.717) is 6.42 Å². The average molecular weight is 337 g/mol. The van der Waals surface area contributed by atoms with Gasteiger partial charge in [-0.1, -0.05) is 46.3 Å². The van der Waals surface area contributed by atoms with Crippen LogP contribution in [0.15, 0.2) is 36.4 Å². The minimum absolute atomic E-state index is 0.0858. The van der Waals surface area contributed by atoms with E-state index < -0.39 is 0 Å². The Bertz CT molecular complexity index is 587. The van der Waals surface area contributed by atoms with Crippen LogP contribution in [-0.4, -0.2) is 7.11 Å². The molecule has 1 unspecified atom stereocenters. The van der Waals surface area contributed by atoms with E-state index in [-0.39, 0.29) is 10.6 Å². The summed E-state index contributed by atoms with van der Waals surface area (Å²) >= 11 is 3.66. The van der Waals surface area contributed by atoms with E-state index in [4.69, 9.17) is 4.74 Å². The number of rotatable bonds is 4. The molecule has 0 radical (unpaired) electrons. The number of hydrogen-bond acceptors (Lipinski definition) is 1. The third-order valence-corrected chi connectivity index (χ3v) is 4.26. The lowest BCUT2D eigenvalue weighted by Gasteiger charge is -2.15. The Morgan fingerprint density at radius 2 is 1.75 bits per heavy atom. The Morgan fingerprint density at radius 1 is 1.15 bits per heavy atom. The van der Waals surface area contributed by atoms with Gasteiger partial charge in [-0.3, -0.25) is 0 Å².